The van der Waals surface area contributed by atoms with E-state index in [1.807, 2.05) is 24.3 Å². The Morgan fingerprint density at radius 2 is 1.95 bits per heavy atom. The van der Waals surface area contributed by atoms with Gasteiger partial charge in [-0.3, -0.25) is 0 Å². The normalized spacial score (nSPS) is 12.3. The van der Waals surface area contributed by atoms with Crippen LogP contribution in [0.1, 0.15) is 17.2 Å². The van der Waals surface area contributed by atoms with E-state index in [4.69, 9.17) is 33.7 Å². The number of hydrogen-bond acceptors (Lipinski definition) is 2. The van der Waals surface area contributed by atoms with Crippen LogP contribution in [0.3, 0.4) is 0 Å². The van der Waals surface area contributed by atoms with Gasteiger partial charge in [-0.2, -0.15) is 0 Å². The summed E-state index contributed by atoms with van der Waals surface area (Å²) in [4.78, 5) is 0. The van der Waals surface area contributed by atoms with Crippen molar-refractivity contribution in [3.8, 4) is 5.75 Å². The molecular formula is C14H12BrCl2NO. The molecule has 1 unspecified atom stereocenters. The lowest BCUT2D eigenvalue weighted by Crippen LogP contribution is -2.12. The van der Waals surface area contributed by atoms with Gasteiger partial charge in [-0.15, -0.1) is 0 Å². The van der Waals surface area contributed by atoms with E-state index in [0.29, 0.717) is 15.8 Å². The second-order valence-electron chi connectivity index (χ2n) is 4.01. The molecule has 0 amide bonds. The molecule has 0 radical (unpaired) electrons. The minimum atomic E-state index is -0.339. The van der Waals surface area contributed by atoms with Crippen molar-refractivity contribution in [3.63, 3.8) is 0 Å². The standard InChI is InChI=1S/C14H12BrCl2NO/c1-19-12-6-5-8(7-11(12)16)14(18)9-3-2-4-10(15)13(9)17/h2-7,14H,18H2,1H3. The van der Waals surface area contributed by atoms with Crippen LogP contribution < -0.4 is 10.5 Å². The molecule has 2 N–H and O–H groups in total. The molecular weight excluding hydrogens is 349 g/mol. The second kappa shape index (κ2) is 6.14. The maximum absolute atomic E-state index is 6.25. The molecule has 2 aromatic carbocycles. The summed E-state index contributed by atoms with van der Waals surface area (Å²) in [5.74, 6) is 0.623. The third-order valence-electron chi connectivity index (χ3n) is 2.85. The molecule has 2 nitrogen and oxygen atoms in total. The van der Waals surface area contributed by atoms with Crippen LogP contribution in [-0.4, -0.2) is 7.11 Å². The topological polar surface area (TPSA) is 35.2 Å². The van der Waals surface area contributed by atoms with Crippen molar-refractivity contribution >= 4 is 39.1 Å². The molecule has 5 heteroatoms. The molecule has 0 heterocycles. The van der Waals surface area contributed by atoms with E-state index in [-0.39, 0.29) is 6.04 Å². The first-order chi connectivity index (χ1) is 9.04. The van der Waals surface area contributed by atoms with Crippen LogP contribution in [0.5, 0.6) is 5.75 Å². The Bertz CT molecular complexity index is 604. The van der Waals surface area contributed by atoms with Gasteiger partial charge in [0.15, 0.2) is 0 Å². The van der Waals surface area contributed by atoms with Gasteiger partial charge in [-0.1, -0.05) is 41.4 Å². The SMILES string of the molecule is COc1ccc(C(N)c2cccc(Br)c2Cl)cc1Cl. The quantitative estimate of drug-likeness (QED) is 0.852. The lowest BCUT2D eigenvalue weighted by molar-refractivity contribution is 0.415. The number of nitrogens with two attached hydrogens (primary N) is 1. The van der Waals surface area contributed by atoms with Crippen molar-refractivity contribution < 1.29 is 4.74 Å². The van der Waals surface area contributed by atoms with Gasteiger partial charge < -0.3 is 10.5 Å². The van der Waals surface area contributed by atoms with Crippen LogP contribution in [-0.2, 0) is 0 Å². The Balaban J connectivity index is 2.41. The van der Waals surface area contributed by atoms with E-state index in [9.17, 15) is 0 Å². The highest BCUT2D eigenvalue weighted by atomic mass is 79.9. The summed E-state index contributed by atoms with van der Waals surface area (Å²) in [5.41, 5.74) is 7.97. The van der Waals surface area contributed by atoms with Gasteiger partial charge in [0, 0.05) is 4.47 Å². The van der Waals surface area contributed by atoms with E-state index in [2.05, 4.69) is 15.9 Å². The van der Waals surface area contributed by atoms with Crippen molar-refractivity contribution in [2.24, 2.45) is 5.73 Å². The summed E-state index contributed by atoms with van der Waals surface area (Å²) in [7, 11) is 1.58. The van der Waals surface area contributed by atoms with Gasteiger partial charge in [0.1, 0.15) is 5.75 Å². The summed E-state index contributed by atoms with van der Waals surface area (Å²) in [5, 5.41) is 1.14. The van der Waals surface area contributed by atoms with Gasteiger partial charge >= 0.3 is 0 Å². The van der Waals surface area contributed by atoms with E-state index in [1.165, 1.54) is 0 Å². The molecule has 0 aromatic heterocycles. The lowest BCUT2D eigenvalue weighted by atomic mass is 9.99. The summed E-state index contributed by atoms with van der Waals surface area (Å²) in [6.45, 7) is 0. The largest absolute Gasteiger partial charge is 0.495 e. The summed E-state index contributed by atoms with van der Waals surface area (Å²) in [6.07, 6.45) is 0. The van der Waals surface area contributed by atoms with Gasteiger partial charge in [-0.05, 0) is 45.3 Å². The van der Waals surface area contributed by atoms with Crippen LogP contribution in [0.25, 0.3) is 0 Å². The van der Waals surface area contributed by atoms with E-state index in [1.54, 1.807) is 19.2 Å². The van der Waals surface area contributed by atoms with Crippen LogP contribution in [0.2, 0.25) is 10.0 Å². The molecule has 0 spiro atoms. The number of rotatable bonds is 3. The predicted octanol–water partition coefficient (Wildman–Crippen LogP) is 4.81. The van der Waals surface area contributed by atoms with Crippen molar-refractivity contribution in [1.29, 1.82) is 0 Å². The first kappa shape index (κ1) is 14.7. The molecule has 1 atom stereocenters. The Morgan fingerprint density at radius 3 is 2.58 bits per heavy atom. The highest BCUT2D eigenvalue weighted by molar-refractivity contribution is 9.10. The molecule has 2 rings (SSSR count). The van der Waals surface area contributed by atoms with Gasteiger partial charge in [0.25, 0.3) is 0 Å². The first-order valence-corrected chi connectivity index (χ1v) is 7.12. The van der Waals surface area contributed by atoms with Gasteiger partial charge in [0.2, 0.25) is 0 Å². The predicted molar refractivity (Wildman–Crippen MR) is 83.2 cm³/mol. The molecule has 0 aliphatic carbocycles. The molecule has 0 fully saturated rings. The zero-order valence-electron chi connectivity index (χ0n) is 10.2. The molecule has 0 aliphatic heterocycles. The van der Waals surface area contributed by atoms with E-state index in [0.717, 1.165) is 15.6 Å². The van der Waals surface area contributed by atoms with E-state index < -0.39 is 0 Å². The number of ether oxygens (including phenoxy) is 1. The molecule has 2 aromatic rings. The average molecular weight is 361 g/mol. The number of halogens is 3. The van der Waals surface area contributed by atoms with Crippen LogP contribution in [0, 0.1) is 0 Å². The molecule has 0 aliphatic rings. The van der Waals surface area contributed by atoms with Crippen molar-refractivity contribution in [2.75, 3.05) is 7.11 Å². The maximum atomic E-state index is 6.25. The fourth-order valence-electron chi connectivity index (χ4n) is 1.82. The molecule has 0 saturated heterocycles. The third kappa shape index (κ3) is 3.06. The Morgan fingerprint density at radius 1 is 1.21 bits per heavy atom. The smallest absolute Gasteiger partial charge is 0.137 e. The minimum Gasteiger partial charge on any atom is -0.495 e. The van der Waals surface area contributed by atoms with Crippen LogP contribution in [0.4, 0.5) is 0 Å². The first-order valence-electron chi connectivity index (χ1n) is 5.57. The fourth-order valence-corrected chi connectivity index (χ4v) is 2.71. The van der Waals surface area contributed by atoms with Gasteiger partial charge in [-0.25, -0.2) is 0 Å². The van der Waals surface area contributed by atoms with Crippen LogP contribution in [0.15, 0.2) is 40.9 Å². The second-order valence-corrected chi connectivity index (χ2v) is 5.65. The summed E-state index contributed by atoms with van der Waals surface area (Å²) >= 11 is 15.8. The van der Waals surface area contributed by atoms with Crippen LogP contribution >= 0.6 is 39.1 Å². The number of hydrogen-bond donors (Lipinski definition) is 1. The highest BCUT2D eigenvalue weighted by Crippen LogP contribution is 2.34. The Hall–Kier alpha value is -0.740. The summed E-state index contributed by atoms with van der Waals surface area (Å²) in [6, 6.07) is 10.8. The number of methoxy groups -OCH3 is 1. The highest BCUT2D eigenvalue weighted by Gasteiger charge is 2.15. The Kier molecular flexibility index (Phi) is 4.74. The Labute approximate surface area is 130 Å². The van der Waals surface area contributed by atoms with Crippen molar-refractivity contribution in [3.05, 3.63) is 62.0 Å². The van der Waals surface area contributed by atoms with Crippen molar-refractivity contribution in [1.82, 2.24) is 0 Å². The van der Waals surface area contributed by atoms with Crippen molar-refractivity contribution in [2.45, 2.75) is 6.04 Å². The number of benzene rings is 2. The average Bonchev–Trinajstić information content (AvgIpc) is 2.41. The fraction of sp³-hybridized carbons (Fsp3) is 0.143. The molecule has 0 saturated carbocycles. The maximum Gasteiger partial charge on any atom is 0.137 e. The lowest BCUT2D eigenvalue weighted by Gasteiger charge is -2.16. The zero-order chi connectivity index (χ0) is 14.0. The zero-order valence-corrected chi connectivity index (χ0v) is 13.3. The molecule has 19 heavy (non-hydrogen) atoms. The third-order valence-corrected chi connectivity index (χ3v) is 4.46. The molecule has 0 bridgehead atoms. The minimum absolute atomic E-state index is 0.339. The van der Waals surface area contributed by atoms with E-state index >= 15 is 0 Å². The molecule has 100 valence electrons. The monoisotopic (exact) mass is 359 g/mol. The van der Waals surface area contributed by atoms with Gasteiger partial charge in [0.05, 0.1) is 23.2 Å². The summed E-state index contributed by atoms with van der Waals surface area (Å²) < 4.78 is 5.94.